The summed E-state index contributed by atoms with van der Waals surface area (Å²) in [5.74, 6) is -0.487. The summed E-state index contributed by atoms with van der Waals surface area (Å²) in [4.78, 5) is 34.6. The molecule has 2 aromatic rings. The van der Waals surface area contributed by atoms with Gasteiger partial charge in [0.1, 0.15) is 12.6 Å². The third-order valence-electron chi connectivity index (χ3n) is 3.58. The molecule has 3 N–H and O–H groups in total. The number of benzene rings is 2. The van der Waals surface area contributed by atoms with Crippen molar-refractivity contribution in [2.45, 2.75) is 12.5 Å². The van der Waals surface area contributed by atoms with Crippen LogP contribution < -0.4 is 16.0 Å². The predicted octanol–water partition coefficient (Wildman–Crippen LogP) is 1.97. The van der Waals surface area contributed by atoms with Gasteiger partial charge < -0.3 is 16.0 Å². The fourth-order valence-corrected chi connectivity index (χ4v) is 2.30. The molecule has 2 aromatic carbocycles. The summed E-state index contributed by atoms with van der Waals surface area (Å²) in [6.07, 6.45) is 0.242. The number of nitro groups is 1. The van der Waals surface area contributed by atoms with Crippen LogP contribution in [0.25, 0.3) is 0 Å². The van der Waals surface area contributed by atoms with Crippen LogP contribution in [0.2, 0.25) is 0 Å². The third kappa shape index (κ3) is 6.13. The smallest absolute Gasteiger partial charge is 0.319 e. The lowest BCUT2D eigenvalue weighted by Gasteiger charge is -2.18. The number of nitro benzene ring substituents is 1. The van der Waals surface area contributed by atoms with Gasteiger partial charge in [-0.25, -0.2) is 4.79 Å². The molecule has 0 heterocycles. The summed E-state index contributed by atoms with van der Waals surface area (Å²) in [5, 5.41) is 26.8. The van der Waals surface area contributed by atoms with Crippen molar-refractivity contribution < 1.29 is 14.5 Å². The van der Waals surface area contributed by atoms with E-state index in [1.54, 1.807) is 0 Å². The van der Waals surface area contributed by atoms with Crippen molar-refractivity contribution in [2.24, 2.45) is 0 Å². The number of nitrogens with one attached hydrogen (secondary N) is 3. The average Bonchev–Trinajstić information content (AvgIpc) is 2.66. The van der Waals surface area contributed by atoms with Crippen LogP contribution >= 0.6 is 0 Å². The Balaban J connectivity index is 2.04. The second-order valence-electron chi connectivity index (χ2n) is 5.52. The SMILES string of the molecule is N#CCNC(=O)C(Cc1ccccc1)NC(=O)Nc1ccc([N+](=O)[O-])cc1. The first kappa shape index (κ1) is 19.4. The Morgan fingerprint density at radius 3 is 2.37 bits per heavy atom. The predicted molar refractivity (Wildman–Crippen MR) is 97.8 cm³/mol. The molecule has 0 saturated carbocycles. The Bertz CT molecular complexity index is 846. The molecule has 0 bridgehead atoms. The average molecular weight is 367 g/mol. The zero-order valence-corrected chi connectivity index (χ0v) is 14.2. The van der Waals surface area contributed by atoms with Crippen molar-refractivity contribution in [1.82, 2.24) is 10.6 Å². The Hall–Kier alpha value is -3.93. The second-order valence-corrected chi connectivity index (χ2v) is 5.52. The lowest BCUT2D eigenvalue weighted by molar-refractivity contribution is -0.384. The topological polar surface area (TPSA) is 137 Å². The van der Waals surface area contributed by atoms with Crippen LogP contribution in [0.15, 0.2) is 54.6 Å². The van der Waals surface area contributed by atoms with Crippen LogP contribution in [-0.2, 0) is 11.2 Å². The number of hydrogen-bond donors (Lipinski definition) is 3. The molecule has 27 heavy (non-hydrogen) atoms. The van der Waals surface area contributed by atoms with Gasteiger partial charge in [-0.2, -0.15) is 5.26 Å². The van der Waals surface area contributed by atoms with E-state index in [0.717, 1.165) is 5.56 Å². The standard InChI is InChI=1S/C18H17N5O4/c19-10-11-20-17(24)16(12-13-4-2-1-3-5-13)22-18(25)21-14-6-8-15(9-7-14)23(26)27/h1-9,16H,11-12H2,(H,20,24)(H2,21,22,25). The number of rotatable bonds is 7. The molecule has 2 rings (SSSR count). The fraction of sp³-hybridized carbons (Fsp3) is 0.167. The van der Waals surface area contributed by atoms with Crippen molar-refractivity contribution in [3.63, 3.8) is 0 Å². The lowest BCUT2D eigenvalue weighted by Crippen LogP contribution is -2.49. The zero-order valence-electron chi connectivity index (χ0n) is 14.2. The van der Waals surface area contributed by atoms with Crippen molar-refractivity contribution in [2.75, 3.05) is 11.9 Å². The number of nitriles is 1. The minimum atomic E-state index is -0.890. The van der Waals surface area contributed by atoms with E-state index in [0.29, 0.717) is 5.69 Å². The summed E-state index contributed by atoms with van der Waals surface area (Å²) in [6.45, 7) is -0.171. The molecule has 0 aliphatic carbocycles. The summed E-state index contributed by atoms with van der Waals surface area (Å²) in [5.41, 5.74) is 1.08. The van der Waals surface area contributed by atoms with E-state index in [9.17, 15) is 19.7 Å². The molecule has 9 heteroatoms. The highest BCUT2D eigenvalue weighted by molar-refractivity contribution is 5.94. The van der Waals surface area contributed by atoms with Gasteiger partial charge in [0.05, 0.1) is 11.0 Å². The molecular formula is C18H17N5O4. The van der Waals surface area contributed by atoms with Gasteiger partial charge in [-0.3, -0.25) is 14.9 Å². The Labute approximate surface area is 155 Å². The van der Waals surface area contributed by atoms with E-state index in [2.05, 4.69) is 16.0 Å². The second kappa shape index (κ2) is 9.53. The highest BCUT2D eigenvalue weighted by Crippen LogP contribution is 2.15. The van der Waals surface area contributed by atoms with Gasteiger partial charge in [-0.1, -0.05) is 30.3 Å². The Morgan fingerprint density at radius 1 is 1.11 bits per heavy atom. The van der Waals surface area contributed by atoms with Gasteiger partial charge in [-0.05, 0) is 17.7 Å². The number of carbonyl (C=O) groups is 2. The molecule has 0 aliphatic rings. The van der Waals surface area contributed by atoms with Crippen molar-refractivity contribution in [3.8, 4) is 6.07 Å². The van der Waals surface area contributed by atoms with E-state index < -0.39 is 22.9 Å². The molecule has 0 spiro atoms. The van der Waals surface area contributed by atoms with E-state index in [4.69, 9.17) is 5.26 Å². The summed E-state index contributed by atoms with van der Waals surface area (Å²) < 4.78 is 0. The van der Waals surface area contributed by atoms with Gasteiger partial charge in [0.2, 0.25) is 5.91 Å². The number of amides is 3. The molecule has 9 nitrogen and oxygen atoms in total. The maximum atomic E-state index is 12.2. The van der Waals surface area contributed by atoms with Crippen molar-refractivity contribution >= 4 is 23.3 Å². The minimum absolute atomic E-state index is 0.0983. The maximum absolute atomic E-state index is 12.2. The molecular weight excluding hydrogens is 350 g/mol. The maximum Gasteiger partial charge on any atom is 0.319 e. The molecule has 3 amide bonds. The summed E-state index contributed by atoms with van der Waals surface area (Å²) in [7, 11) is 0. The highest BCUT2D eigenvalue weighted by Gasteiger charge is 2.21. The van der Waals surface area contributed by atoms with Crippen LogP contribution in [0.5, 0.6) is 0 Å². The highest BCUT2D eigenvalue weighted by atomic mass is 16.6. The van der Waals surface area contributed by atoms with Crippen LogP contribution in [0.1, 0.15) is 5.56 Å². The van der Waals surface area contributed by atoms with Crippen LogP contribution in [0, 0.1) is 21.4 Å². The van der Waals surface area contributed by atoms with Gasteiger partial charge in [0, 0.05) is 24.2 Å². The number of urea groups is 1. The Morgan fingerprint density at radius 2 is 1.78 bits per heavy atom. The van der Waals surface area contributed by atoms with Crippen LogP contribution in [-0.4, -0.2) is 29.4 Å². The zero-order chi connectivity index (χ0) is 19.6. The van der Waals surface area contributed by atoms with Crippen molar-refractivity contribution in [3.05, 3.63) is 70.3 Å². The molecule has 0 saturated heterocycles. The molecule has 0 aromatic heterocycles. The van der Waals surface area contributed by atoms with E-state index in [1.807, 2.05) is 36.4 Å². The first-order chi connectivity index (χ1) is 13.0. The molecule has 0 aliphatic heterocycles. The van der Waals surface area contributed by atoms with E-state index >= 15 is 0 Å². The number of anilines is 1. The van der Waals surface area contributed by atoms with Crippen molar-refractivity contribution in [1.29, 1.82) is 5.26 Å². The van der Waals surface area contributed by atoms with Crippen LogP contribution in [0.4, 0.5) is 16.2 Å². The van der Waals surface area contributed by atoms with Gasteiger partial charge in [-0.15, -0.1) is 0 Å². The molecule has 1 atom stereocenters. The van der Waals surface area contributed by atoms with E-state index in [1.165, 1.54) is 24.3 Å². The number of non-ortho nitro benzene ring substituents is 1. The normalized spacial score (nSPS) is 10.9. The Kier molecular flexibility index (Phi) is 6.84. The quantitative estimate of drug-likeness (QED) is 0.390. The fourth-order valence-electron chi connectivity index (χ4n) is 2.30. The molecule has 0 radical (unpaired) electrons. The number of carbonyl (C=O) groups excluding carboxylic acids is 2. The monoisotopic (exact) mass is 367 g/mol. The van der Waals surface area contributed by atoms with Crippen LogP contribution in [0.3, 0.4) is 0 Å². The van der Waals surface area contributed by atoms with Gasteiger partial charge in [0.15, 0.2) is 0 Å². The largest absolute Gasteiger partial charge is 0.341 e. The molecule has 0 fully saturated rings. The third-order valence-corrected chi connectivity index (χ3v) is 3.58. The summed E-state index contributed by atoms with van der Waals surface area (Å²) in [6, 6.07) is 14.7. The molecule has 138 valence electrons. The summed E-state index contributed by atoms with van der Waals surface area (Å²) >= 11 is 0. The minimum Gasteiger partial charge on any atom is -0.341 e. The number of hydrogen-bond acceptors (Lipinski definition) is 5. The van der Waals surface area contributed by atoms with E-state index in [-0.39, 0.29) is 18.7 Å². The lowest BCUT2D eigenvalue weighted by atomic mass is 10.1. The first-order valence-corrected chi connectivity index (χ1v) is 8.00. The van der Waals surface area contributed by atoms with Gasteiger partial charge >= 0.3 is 6.03 Å². The first-order valence-electron chi connectivity index (χ1n) is 8.00. The molecule has 1 unspecified atom stereocenters. The number of nitrogens with zero attached hydrogens (tertiary/aromatic N) is 2. The van der Waals surface area contributed by atoms with Gasteiger partial charge in [0.25, 0.3) is 5.69 Å².